The van der Waals surface area contributed by atoms with Crippen molar-refractivity contribution in [3.63, 3.8) is 0 Å². The number of hydrogen-bond acceptors (Lipinski definition) is 4. The number of fused-ring (bicyclic) bond motifs is 1. The smallest absolute Gasteiger partial charge is 0.256 e. The number of rotatable bonds is 6. The number of benzene rings is 2. The predicted octanol–water partition coefficient (Wildman–Crippen LogP) is 3.21. The lowest BCUT2D eigenvalue weighted by atomic mass is 10.0. The van der Waals surface area contributed by atoms with Gasteiger partial charge in [0.2, 0.25) is 0 Å². The molecular weight excluding hydrogens is 306 g/mol. The highest BCUT2D eigenvalue weighted by molar-refractivity contribution is 6.34. The number of hydrogen-bond donors (Lipinski definition) is 1. The van der Waals surface area contributed by atoms with Gasteiger partial charge in [0.1, 0.15) is 6.61 Å². The molecule has 1 heterocycles. The number of anilines is 1. The lowest BCUT2D eigenvalue weighted by Crippen LogP contribution is -2.05. The maximum absolute atomic E-state index is 12.2. The fraction of sp³-hybridized carbons (Fsp3) is 0.211. The summed E-state index contributed by atoms with van der Waals surface area (Å²) in [6.07, 6.45) is 1.85. The van der Waals surface area contributed by atoms with E-state index in [0.717, 1.165) is 16.8 Å². The van der Waals surface area contributed by atoms with Gasteiger partial charge in [-0.2, -0.15) is 0 Å². The topological polar surface area (TPSA) is 56.8 Å². The maximum atomic E-state index is 12.2. The van der Waals surface area contributed by atoms with Gasteiger partial charge in [-0.25, -0.2) is 0 Å². The standard InChI is InChI=1S/C19H19NO4/c1-22-9-10-24-17-8-7-13(12-18(17)23-2)11-15-14-5-3-4-6-16(14)20-19(15)21/h3-8,11-12H,9-10H2,1-2H3,(H,20,21)/b15-11+. The van der Waals surface area contributed by atoms with E-state index in [2.05, 4.69) is 5.32 Å². The molecule has 1 aliphatic heterocycles. The second-order valence-electron chi connectivity index (χ2n) is 5.31. The lowest BCUT2D eigenvalue weighted by molar-refractivity contribution is -0.110. The second kappa shape index (κ2) is 7.19. The van der Waals surface area contributed by atoms with Crippen molar-refractivity contribution in [3.8, 4) is 11.5 Å². The highest BCUT2D eigenvalue weighted by Crippen LogP contribution is 2.34. The van der Waals surface area contributed by atoms with E-state index < -0.39 is 0 Å². The number of amides is 1. The van der Waals surface area contributed by atoms with Gasteiger partial charge in [-0.1, -0.05) is 24.3 Å². The number of para-hydroxylation sites is 1. The molecule has 0 aromatic heterocycles. The van der Waals surface area contributed by atoms with Crippen LogP contribution >= 0.6 is 0 Å². The molecule has 0 aliphatic carbocycles. The first-order valence-electron chi connectivity index (χ1n) is 7.65. The zero-order chi connectivity index (χ0) is 16.9. The maximum Gasteiger partial charge on any atom is 0.256 e. The number of methoxy groups -OCH3 is 2. The van der Waals surface area contributed by atoms with E-state index >= 15 is 0 Å². The van der Waals surface area contributed by atoms with E-state index in [4.69, 9.17) is 14.2 Å². The Labute approximate surface area is 140 Å². The van der Waals surface area contributed by atoms with Crippen molar-refractivity contribution < 1.29 is 19.0 Å². The van der Waals surface area contributed by atoms with Gasteiger partial charge in [-0.15, -0.1) is 0 Å². The largest absolute Gasteiger partial charge is 0.493 e. The van der Waals surface area contributed by atoms with Crippen LogP contribution in [0.1, 0.15) is 11.1 Å². The second-order valence-corrected chi connectivity index (χ2v) is 5.31. The molecule has 2 aromatic rings. The molecule has 5 heteroatoms. The molecule has 2 aromatic carbocycles. The molecule has 0 radical (unpaired) electrons. The van der Waals surface area contributed by atoms with Crippen LogP contribution in [0.4, 0.5) is 5.69 Å². The van der Waals surface area contributed by atoms with E-state index in [0.29, 0.717) is 30.3 Å². The molecule has 0 spiro atoms. The van der Waals surface area contributed by atoms with Gasteiger partial charge in [-0.05, 0) is 29.8 Å². The highest BCUT2D eigenvalue weighted by atomic mass is 16.5. The van der Waals surface area contributed by atoms with Gasteiger partial charge in [0.15, 0.2) is 11.5 Å². The Morgan fingerprint density at radius 2 is 1.88 bits per heavy atom. The minimum Gasteiger partial charge on any atom is -0.493 e. The van der Waals surface area contributed by atoms with Gasteiger partial charge in [0, 0.05) is 23.9 Å². The summed E-state index contributed by atoms with van der Waals surface area (Å²) < 4.78 is 16.0. The first kappa shape index (κ1) is 16.1. The Balaban J connectivity index is 1.89. The van der Waals surface area contributed by atoms with Gasteiger partial charge in [0.05, 0.1) is 13.7 Å². The summed E-state index contributed by atoms with van der Waals surface area (Å²) in [5.74, 6) is 1.16. The van der Waals surface area contributed by atoms with E-state index in [1.165, 1.54) is 0 Å². The molecular formula is C19H19NO4. The minimum atomic E-state index is -0.101. The molecule has 0 atom stereocenters. The molecule has 1 amide bonds. The van der Waals surface area contributed by atoms with Gasteiger partial charge in [-0.3, -0.25) is 4.79 Å². The molecule has 0 bridgehead atoms. The van der Waals surface area contributed by atoms with Crippen LogP contribution in [0.15, 0.2) is 42.5 Å². The van der Waals surface area contributed by atoms with E-state index in [1.54, 1.807) is 14.2 Å². The molecule has 124 valence electrons. The summed E-state index contributed by atoms with van der Waals surface area (Å²) in [7, 11) is 3.22. The molecule has 0 unspecified atom stereocenters. The van der Waals surface area contributed by atoms with Crippen LogP contribution < -0.4 is 14.8 Å². The van der Waals surface area contributed by atoms with Crippen molar-refractivity contribution >= 4 is 23.2 Å². The first-order chi connectivity index (χ1) is 11.7. The van der Waals surface area contributed by atoms with Gasteiger partial charge < -0.3 is 19.5 Å². The number of carbonyl (C=O) groups excluding carboxylic acids is 1. The lowest BCUT2D eigenvalue weighted by Gasteiger charge is -2.11. The van der Waals surface area contributed by atoms with Crippen molar-refractivity contribution in [3.05, 3.63) is 53.6 Å². The minimum absolute atomic E-state index is 0.101. The number of nitrogens with one attached hydrogen (secondary N) is 1. The van der Waals surface area contributed by atoms with Crippen LogP contribution in [0.5, 0.6) is 11.5 Å². The SMILES string of the molecule is COCCOc1ccc(/C=C2/C(=O)Nc3ccccc32)cc1OC. The molecule has 24 heavy (non-hydrogen) atoms. The Kier molecular flexibility index (Phi) is 4.82. The Morgan fingerprint density at radius 3 is 2.67 bits per heavy atom. The zero-order valence-electron chi connectivity index (χ0n) is 13.7. The molecule has 0 fully saturated rings. The fourth-order valence-corrected chi connectivity index (χ4v) is 2.58. The monoisotopic (exact) mass is 325 g/mol. The number of carbonyl (C=O) groups is 1. The van der Waals surface area contributed by atoms with Crippen LogP contribution in [-0.2, 0) is 9.53 Å². The van der Waals surface area contributed by atoms with E-state index in [-0.39, 0.29) is 5.91 Å². The summed E-state index contributed by atoms with van der Waals surface area (Å²) in [6.45, 7) is 0.953. The van der Waals surface area contributed by atoms with Crippen molar-refractivity contribution in [2.45, 2.75) is 0 Å². The molecule has 1 aliphatic rings. The summed E-state index contributed by atoms with van der Waals surface area (Å²) in [5, 5.41) is 2.86. The van der Waals surface area contributed by atoms with Crippen molar-refractivity contribution in [2.75, 3.05) is 32.8 Å². The van der Waals surface area contributed by atoms with Crippen molar-refractivity contribution in [1.82, 2.24) is 0 Å². The van der Waals surface area contributed by atoms with Crippen molar-refractivity contribution in [2.24, 2.45) is 0 Å². The van der Waals surface area contributed by atoms with Crippen LogP contribution in [-0.4, -0.2) is 33.3 Å². The van der Waals surface area contributed by atoms with Crippen LogP contribution in [0.3, 0.4) is 0 Å². The van der Waals surface area contributed by atoms with Crippen LogP contribution in [0.2, 0.25) is 0 Å². The van der Waals surface area contributed by atoms with Crippen LogP contribution in [0, 0.1) is 0 Å². The Bertz CT molecular complexity index is 783. The number of ether oxygens (including phenoxy) is 3. The summed E-state index contributed by atoms with van der Waals surface area (Å²) >= 11 is 0. The quantitative estimate of drug-likeness (QED) is 0.654. The van der Waals surface area contributed by atoms with Crippen LogP contribution in [0.25, 0.3) is 11.6 Å². The molecule has 1 N–H and O–H groups in total. The average Bonchev–Trinajstić information content (AvgIpc) is 2.92. The molecule has 5 nitrogen and oxygen atoms in total. The molecule has 0 saturated heterocycles. The first-order valence-corrected chi connectivity index (χ1v) is 7.65. The van der Waals surface area contributed by atoms with E-state index in [1.807, 2.05) is 48.5 Å². The Morgan fingerprint density at radius 1 is 1.04 bits per heavy atom. The van der Waals surface area contributed by atoms with Gasteiger partial charge >= 0.3 is 0 Å². The molecule has 0 saturated carbocycles. The predicted molar refractivity (Wildman–Crippen MR) is 93.3 cm³/mol. The summed E-state index contributed by atoms with van der Waals surface area (Å²) in [5.41, 5.74) is 3.25. The van der Waals surface area contributed by atoms with Gasteiger partial charge in [0.25, 0.3) is 5.91 Å². The Hall–Kier alpha value is -2.79. The van der Waals surface area contributed by atoms with E-state index in [9.17, 15) is 4.79 Å². The highest BCUT2D eigenvalue weighted by Gasteiger charge is 2.23. The third kappa shape index (κ3) is 3.26. The fourth-order valence-electron chi connectivity index (χ4n) is 2.58. The molecule has 3 rings (SSSR count). The average molecular weight is 325 g/mol. The zero-order valence-corrected chi connectivity index (χ0v) is 13.7. The third-order valence-corrected chi connectivity index (χ3v) is 3.75. The third-order valence-electron chi connectivity index (χ3n) is 3.75. The normalized spacial score (nSPS) is 14.4. The summed E-state index contributed by atoms with van der Waals surface area (Å²) in [6, 6.07) is 13.2. The summed E-state index contributed by atoms with van der Waals surface area (Å²) in [4.78, 5) is 12.2. The van der Waals surface area contributed by atoms with Crippen molar-refractivity contribution in [1.29, 1.82) is 0 Å².